The highest BCUT2D eigenvalue weighted by Crippen LogP contribution is 2.19. The SMILES string of the molecule is CC[C@H](C)NC(=O)[C@H](CC)N(Cc1ccc(F)cc1)C(=O)CN(C)S(=O)(=O)c1ccc(Cl)cc1. The maximum absolute atomic E-state index is 13.4. The van der Waals surface area contributed by atoms with Gasteiger partial charge in [0.15, 0.2) is 0 Å². The number of carbonyl (C=O) groups is 2. The quantitative estimate of drug-likeness (QED) is 0.497. The van der Waals surface area contributed by atoms with Gasteiger partial charge in [0.1, 0.15) is 11.9 Å². The number of sulfonamides is 1. The van der Waals surface area contributed by atoms with Crippen molar-refractivity contribution in [2.75, 3.05) is 13.6 Å². The molecule has 10 heteroatoms. The lowest BCUT2D eigenvalue weighted by molar-refractivity contribution is -0.141. The number of rotatable bonds is 11. The predicted octanol–water partition coefficient (Wildman–Crippen LogP) is 3.82. The Balaban J connectivity index is 2.32. The standard InChI is InChI=1S/C24H31ClFN3O4S/c1-5-17(3)27-24(31)22(6-2)29(15-18-7-11-20(26)12-8-18)23(30)16-28(4)34(32,33)21-13-9-19(25)10-14-21/h7-14,17,22H,5-6,15-16H2,1-4H3,(H,27,31)/t17-,22-/m0/s1. The molecular weight excluding hydrogens is 481 g/mol. The van der Waals surface area contributed by atoms with Gasteiger partial charge >= 0.3 is 0 Å². The fourth-order valence-electron chi connectivity index (χ4n) is 3.30. The third kappa shape index (κ3) is 7.25. The van der Waals surface area contributed by atoms with Crippen molar-refractivity contribution >= 4 is 33.4 Å². The van der Waals surface area contributed by atoms with E-state index in [2.05, 4.69) is 5.32 Å². The van der Waals surface area contributed by atoms with Crippen LogP contribution >= 0.6 is 11.6 Å². The fourth-order valence-corrected chi connectivity index (χ4v) is 4.55. The topological polar surface area (TPSA) is 86.8 Å². The van der Waals surface area contributed by atoms with Gasteiger partial charge in [-0.1, -0.05) is 37.6 Å². The second-order valence-electron chi connectivity index (χ2n) is 8.11. The first-order valence-electron chi connectivity index (χ1n) is 11.1. The summed E-state index contributed by atoms with van der Waals surface area (Å²) in [6, 6.07) is 10.3. The Labute approximate surface area is 205 Å². The highest BCUT2D eigenvalue weighted by atomic mass is 35.5. The van der Waals surface area contributed by atoms with Crippen molar-refractivity contribution in [3.63, 3.8) is 0 Å². The van der Waals surface area contributed by atoms with E-state index in [1.807, 2.05) is 13.8 Å². The van der Waals surface area contributed by atoms with Crippen LogP contribution in [0.25, 0.3) is 0 Å². The molecule has 0 heterocycles. The molecule has 0 aliphatic carbocycles. The number of halogens is 2. The van der Waals surface area contributed by atoms with Crippen molar-refractivity contribution in [3.8, 4) is 0 Å². The third-order valence-electron chi connectivity index (χ3n) is 5.53. The number of likely N-dealkylation sites (N-methyl/N-ethyl adjacent to an activating group) is 1. The molecule has 7 nitrogen and oxygen atoms in total. The minimum absolute atomic E-state index is 0.00107. The summed E-state index contributed by atoms with van der Waals surface area (Å²) in [4.78, 5) is 27.7. The van der Waals surface area contributed by atoms with Crippen molar-refractivity contribution in [2.45, 2.75) is 57.1 Å². The fraction of sp³-hybridized carbons (Fsp3) is 0.417. The van der Waals surface area contributed by atoms with Gasteiger partial charge in [-0.3, -0.25) is 9.59 Å². The molecule has 0 saturated carbocycles. The molecule has 0 radical (unpaired) electrons. The lowest BCUT2D eigenvalue weighted by atomic mass is 10.1. The summed E-state index contributed by atoms with van der Waals surface area (Å²) in [5.41, 5.74) is 0.618. The van der Waals surface area contributed by atoms with E-state index >= 15 is 0 Å². The number of hydrogen-bond donors (Lipinski definition) is 1. The average molecular weight is 512 g/mol. The minimum Gasteiger partial charge on any atom is -0.352 e. The van der Waals surface area contributed by atoms with E-state index < -0.39 is 34.3 Å². The van der Waals surface area contributed by atoms with Gasteiger partial charge in [-0.25, -0.2) is 12.8 Å². The summed E-state index contributed by atoms with van der Waals surface area (Å²) in [5.74, 6) is -1.29. The van der Waals surface area contributed by atoms with E-state index in [0.29, 0.717) is 17.0 Å². The van der Waals surface area contributed by atoms with Gasteiger partial charge < -0.3 is 10.2 Å². The smallest absolute Gasteiger partial charge is 0.243 e. The van der Waals surface area contributed by atoms with Crippen molar-refractivity contribution < 1.29 is 22.4 Å². The molecule has 2 atom stereocenters. The highest BCUT2D eigenvalue weighted by Gasteiger charge is 2.32. The van der Waals surface area contributed by atoms with Crippen LogP contribution in [0.15, 0.2) is 53.4 Å². The number of nitrogens with one attached hydrogen (secondary N) is 1. The van der Waals surface area contributed by atoms with E-state index in [0.717, 1.165) is 10.7 Å². The molecule has 0 bridgehead atoms. The molecule has 186 valence electrons. The Morgan fingerprint density at radius 2 is 1.62 bits per heavy atom. The van der Waals surface area contributed by atoms with Gasteiger partial charge in [0.25, 0.3) is 0 Å². The van der Waals surface area contributed by atoms with Crippen molar-refractivity contribution in [3.05, 3.63) is 64.9 Å². The molecule has 1 N–H and O–H groups in total. The number of carbonyl (C=O) groups excluding carboxylic acids is 2. The lowest BCUT2D eigenvalue weighted by Gasteiger charge is -2.32. The van der Waals surface area contributed by atoms with Gasteiger partial charge in [0.2, 0.25) is 21.8 Å². The maximum Gasteiger partial charge on any atom is 0.243 e. The molecule has 0 fully saturated rings. The second kappa shape index (κ2) is 12.3. The van der Waals surface area contributed by atoms with Crippen molar-refractivity contribution in [2.24, 2.45) is 0 Å². The summed E-state index contributed by atoms with van der Waals surface area (Å²) in [5, 5.41) is 3.28. The largest absolute Gasteiger partial charge is 0.352 e. The first kappa shape index (κ1) is 27.8. The van der Waals surface area contributed by atoms with E-state index in [1.165, 1.54) is 60.5 Å². The first-order chi connectivity index (χ1) is 16.0. The highest BCUT2D eigenvalue weighted by molar-refractivity contribution is 7.89. The molecule has 0 aliphatic heterocycles. The number of amides is 2. The van der Waals surface area contributed by atoms with Crippen LogP contribution in [0.4, 0.5) is 4.39 Å². The Morgan fingerprint density at radius 3 is 2.15 bits per heavy atom. The molecule has 2 aromatic carbocycles. The zero-order chi connectivity index (χ0) is 25.5. The minimum atomic E-state index is -3.96. The summed E-state index contributed by atoms with van der Waals surface area (Å²) in [7, 11) is -2.66. The molecule has 2 rings (SSSR count). The van der Waals surface area contributed by atoms with Crippen molar-refractivity contribution in [1.29, 1.82) is 0 Å². The maximum atomic E-state index is 13.4. The third-order valence-corrected chi connectivity index (χ3v) is 7.60. The Bertz CT molecular complexity index is 1080. The van der Waals surface area contributed by atoms with Crippen LogP contribution in [-0.4, -0.2) is 55.1 Å². The van der Waals surface area contributed by atoms with E-state index in [1.54, 1.807) is 6.92 Å². The van der Waals surface area contributed by atoms with Gasteiger partial charge in [0.05, 0.1) is 11.4 Å². The van der Waals surface area contributed by atoms with Crippen LogP contribution in [-0.2, 0) is 26.2 Å². The molecule has 0 aliphatic rings. The van der Waals surface area contributed by atoms with Gasteiger partial charge in [-0.15, -0.1) is 0 Å². The zero-order valence-electron chi connectivity index (χ0n) is 19.8. The molecule has 2 aromatic rings. The predicted molar refractivity (Wildman–Crippen MR) is 130 cm³/mol. The first-order valence-corrected chi connectivity index (χ1v) is 12.9. The van der Waals surface area contributed by atoms with Gasteiger partial charge in [-0.2, -0.15) is 4.31 Å². The molecule has 0 aromatic heterocycles. The molecule has 0 spiro atoms. The molecule has 0 unspecified atom stereocenters. The molecule has 0 saturated heterocycles. The second-order valence-corrected chi connectivity index (χ2v) is 10.6. The van der Waals surface area contributed by atoms with Gasteiger partial charge in [0, 0.05) is 24.7 Å². The van der Waals surface area contributed by atoms with Crippen LogP contribution in [0.5, 0.6) is 0 Å². The zero-order valence-corrected chi connectivity index (χ0v) is 21.4. The summed E-state index contributed by atoms with van der Waals surface area (Å²) < 4.78 is 40.2. The Kier molecular flexibility index (Phi) is 10.0. The van der Waals surface area contributed by atoms with Crippen LogP contribution in [0, 0.1) is 5.82 Å². The number of nitrogens with zero attached hydrogens (tertiary/aromatic N) is 2. The van der Waals surface area contributed by atoms with Crippen LogP contribution in [0.3, 0.4) is 0 Å². The Morgan fingerprint density at radius 1 is 1.03 bits per heavy atom. The summed E-state index contributed by atoms with van der Waals surface area (Å²) in [6.45, 7) is 5.13. The van der Waals surface area contributed by atoms with E-state index in [9.17, 15) is 22.4 Å². The van der Waals surface area contributed by atoms with Crippen LogP contribution in [0.1, 0.15) is 39.2 Å². The van der Waals surface area contributed by atoms with E-state index in [-0.39, 0.29) is 23.4 Å². The average Bonchev–Trinajstić information content (AvgIpc) is 2.80. The van der Waals surface area contributed by atoms with Gasteiger partial charge in [-0.05, 0) is 61.7 Å². The summed E-state index contributed by atoms with van der Waals surface area (Å²) in [6.07, 6.45) is 1.04. The van der Waals surface area contributed by atoms with E-state index in [4.69, 9.17) is 11.6 Å². The van der Waals surface area contributed by atoms with Crippen LogP contribution < -0.4 is 5.32 Å². The van der Waals surface area contributed by atoms with Crippen LogP contribution in [0.2, 0.25) is 5.02 Å². The molecule has 34 heavy (non-hydrogen) atoms. The molecule has 2 amide bonds. The number of benzene rings is 2. The summed E-state index contributed by atoms with van der Waals surface area (Å²) >= 11 is 5.85. The normalized spacial score (nSPS) is 13.4. The molecular formula is C24H31ClFN3O4S. The Hall–Kier alpha value is -2.49. The monoisotopic (exact) mass is 511 g/mol. The lowest BCUT2D eigenvalue weighted by Crippen LogP contribution is -2.53. The van der Waals surface area contributed by atoms with Crippen molar-refractivity contribution in [1.82, 2.24) is 14.5 Å². The number of hydrogen-bond acceptors (Lipinski definition) is 4.